The normalized spacial score (nSPS) is 11.2. The second-order valence-corrected chi connectivity index (χ2v) is 5.81. The number of hydrogen-bond donors (Lipinski definition) is 2. The van der Waals surface area contributed by atoms with E-state index >= 15 is 0 Å². The van der Waals surface area contributed by atoms with Gasteiger partial charge in [0, 0.05) is 12.8 Å². The molecular formula is C9H16N4O3S. The van der Waals surface area contributed by atoms with Crippen molar-refractivity contribution in [3.05, 3.63) is 6.33 Å². The fourth-order valence-electron chi connectivity index (χ4n) is 1.26. The van der Waals surface area contributed by atoms with Gasteiger partial charge >= 0.3 is 0 Å². The molecule has 0 saturated heterocycles. The summed E-state index contributed by atoms with van der Waals surface area (Å²) in [6.07, 6.45) is 3.01. The maximum Gasteiger partial charge on any atom is 0.203 e. The molecule has 0 unspecified atom stereocenters. The largest absolute Gasteiger partial charge is 0.490 e. The van der Waals surface area contributed by atoms with Gasteiger partial charge in [-0.3, -0.25) is 0 Å². The number of nitrogens with two attached hydrogens (primary N) is 1. The average Bonchev–Trinajstić information content (AvgIpc) is 2.23. The van der Waals surface area contributed by atoms with E-state index in [0.29, 0.717) is 24.5 Å². The number of ether oxygens (including phenoxy) is 1. The second-order valence-electron chi connectivity index (χ2n) is 3.55. The van der Waals surface area contributed by atoms with Gasteiger partial charge in [-0.1, -0.05) is 0 Å². The minimum absolute atomic E-state index is 0.128. The van der Waals surface area contributed by atoms with E-state index in [1.807, 2.05) is 0 Å². The van der Waals surface area contributed by atoms with Crippen LogP contribution in [0.5, 0.6) is 5.75 Å². The first-order valence-corrected chi connectivity index (χ1v) is 7.06. The van der Waals surface area contributed by atoms with Crippen LogP contribution in [0.15, 0.2) is 6.33 Å². The Labute approximate surface area is 100 Å². The van der Waals surface area contributed by atoms with Gasteiger partial charge in [0.1, 0.15) is 16.2 Å². The molecular weight excluding hydrogens is 244 g/mol. The predicted molar refractivity (Wildman–Crippen MR) is 65.8 cm³/mol. The van der Waals surface area contributed by atoms with Gasteiger partial charge in [-0.2, -0.15) is 0 Å². The Kier molecular flexibility index (Phi) is 4.50. The maximum absolute atomic E-state index is 10.9. The van der Waals surface area contributed by atoms with Gasteiger partial charge in [-0.15, -0.1) is 0 Å². The minimum Gasteiger partial charge on any atom is -0.490 e. The van der Waals surface area contributed by atoms with Gasteiger partial charge in [0.2, 0.25) is 5.75 Å². The molecule has 0 bridgehead atoms. The summed E-state index contributed by atoms with van der Waals surface area (Å²) in [5, 5.41) is 2.96. The van der Waals surface area contributed by atoms with Crippen LogP contribution in [0.2, 0.25) is 0 Å². The number of nitrogens with one attached hydrogen (secondary N) is 1. The van der Waals surface area contributed by atoms with Crippen molar-refractivity contribution in [3.8, 4) is 5.75 Å². The molecule has 0 fully saturated rings. The third kappa shape index (κ3) is 4.43. The van der Waals surface area contributed by atoms with Crippen molar-refractivity contribution in [2.75, 3.05) is 36.7 Å². The molecule has 17 heavy (non-hydrogen) atoms. The van der Waals surface area contributed by atoms with Gasteiger partial charge in [-0.25, -0.2) is 18.4 Å². The fraction of sp³-hybridized carbons (Fsp3) is 0.556. The molecule has 0 aromatic carbocycles. The zero-order chi connectivity index (χ0) is 12.9. The van der Waals surface area contributed by atoms with Crippen molar-refractivity contribution in [1.82, 2.24) is 9.97 Å². The molecule has 1 heterocycles. The van der Waals surface area contributed by atoms with Crippen LogP contribution in [-0.4, -0.2) is 44.0 Å². The third-order valence-electron chi connectivity index (χ3n) is 2.02. The van der Waals surface area contributed by atoms with Crippen LogP contribution < -0.4 is 15.8 Å². The third-order valence-corrected chi connectivity index (χ3v) is 3.05. The van der Waals surface area contributed by atoms with E-state index < -0.39 is 9.84 Å². The van der Waals surface area contributed by atoms with Crippen LogP contribution in [0.3, 0.4) is 0 Å². The maximum atomic E-state index is 10.9. The summed E-state index contributed by atoms with van der Waals surface area (Å²) >= 11 is 0. The van der Waals surface area contributed by atoms with Crippen LogP contribution in [0.1, 0.15) is 6.42 Å². The van der Waals surface area contributed by atoms with Crippen molar-refractivity contribution in [2.24, 2.45) is 0 Å². The number of nitrogens with zero attached hydrogens (tertiary/aromatic N) is 2. The molecule has 0 aliphatic carbocycles. The highest BCUT2D eigenvalue weighted by molar-refractivity contribution is 7.90. The molecule has 1 rings (SSSR count). The highest BCUT2D eigenvalue weighted by atomic mass is 32.2. The number of rotatable bonds is 6. The zero-order valence-electron chi connectivity index (χ0n) is 9.80. The Bertz CT molecular complexity index is 475. The summed E-state index contributed by atoms with van der Waals surface area (Å²) in [6, 6.07) is 0. The number of aromatic nitrogens is 2. The summed E-state index contributed by atoms with van der Waals surface area (Å²) in [4.78, 5) is 7.75. The summed E-state index contributed by atoms with van der Waals surface area (Å²) in [6.45, 7) is 0.472. The molecule has 0 spiro atoms. The lowest BCUT2D eigenvalue weighted by molar-refractivity contribution is 0.415. The lowest BCUT2D eigenvalue weighted by Gasteiger charge is -2.10. The van der Waals surface area contributed by atoms with E-state index in [-0.39, 0.29) is 11.6 Å². The van der Waals surface area contributed by atoms with Crippen LogP contribution in [-0.2, 0) is 9.84 Å². The SMILES string of the molecule is COc1c(N)ncnc1NCCCS(C)(=O)=O. The average molecular weight is 260 g/mol. The highest BCUT2D eigenvalue weighted by Gasteiger charge is 2.09. The predicted octanol–water partition coefficient (Wildman–Crippen LogP) is -0.0860. The summed E-state index contributed by atoms with van der Waals surface area (Å²) in [7, 11) is -1.46. The van der Waals surface area contributed by atoms with Crippen molar-refractivity contribution in [3.63, 3.8) is 0 Å². The number of anilines is 2. The molecule has 1 aromatic rings. The Morgan fingerprint density at radius 1 is 1.47 bits per heavy atom. The van der Waals surface area contributed by atoms with Crippen molar-refractivity contribution in [1.29, 1.82) is 0 Å². The van der Waals surface area contributed by atoms with Gasteiger partial charge < -0.3 is 15.8 Å². The van der Waals surface area contributed by atoms with E-state index in [2.05, 4.69) is 15.3 Å². The molecule has 3 N–H and O–H groups in total. The van der Waals surface area contributed by atoms with E-state index in [1.165, 1.54) is 19.7 Å². The van der Waals surface area contributed by atoms with Crippen LogP contribution in [0.25, 0.3) is 0 Å². The summed E-state index contributed by atoms with van der Waals surface area (Å²) < 4.78 is 26.9. The number of sulfone groups is 1. The lowest BCUT2D eigenvalue weighted by Crippen LogP contribution is -2.12. The monoisotopic (exact) mass is 260 g/mol. The van der Waals surface area contributed by atoms with Gasteiger partial charge in [0.25, 0.3) is 0 Å². The molecule has 0 saturated carbocycles. The molecule has 8 heteroatoms. The first kappa shape index (κ1) is 13.5. The van der Waals surface area contributed by atoms with E-state index in [4.69, 9.17) is 10.5 Å². The van der Waals surface area contributed by atoms with Crippen molar-refractivity contribution in [2.45, 2.75) is 6.42 Å². The first-order chi connectivity index (χ1) is 7.94. The summed E-state index contributed by atoms with van der Waals surface area (Å²) in [5.41, 5.74) is 5.59. The first-order valence-electron chi connectivity index (χ1n) is 5.00. The second kappa shape index (κ2) is 5.67. The number of hydrogen-bond acceptors (Lipinski definition) is 7. The van der Waals surface area contributed by atoms with Crippen molar-refractivity contribution >= 4 is 21.5 Å². The van der Waals surface area contributed by atoms with Crippen LogP contribution in [0.4, 0.5) is 11.6 Å². The molecule has 7 nitrogen and oxygen atoms in total. The molecule has 1 aromatic heterocycles. The fourth-order valence-corrected chi connectivity index (χ4v) is 1.92. The molecule has 0 atom stereocenters. The molecule has 0 radical (unpaired) electrons. The van der Waals surface area contributed by atoms with E-state index in [0.717, 1.165) is 0 Å². The Morgan fingerprint density at radius 3 is 2.76 bits per heavy atom. The molecule has 0 amide bonds. The van der Waals surface area contributed by atoms with Gasteiger partial charge in [0.05, 0.1) is 12.9 Å². The van der Waals surface area contributed by atoms with Gasteiger partial charge in [0.15, 0.2) is 11.6 Å². The molecule has 96 valence electrons. The van der Waals surface area contributed by atoms with Crippen LogP contribution in [0, 0.1) is 0 Å². The van der Waals surface area contributed by atoms with Crippen molar-refractivity contribution < 1.29 is 13.2 Å². The smallest absolute Gasteiger partial charge is 0.203 e. The summed E-state index contributed by atoms with van der Waals surface area (Å²) in [5.74, 6) is 1.21. The Morgan fingerprint density at radius 2 is 2.18 bits per heavy atom. The lowest BCUT2D eigenvalue weighted by atomic mass is 10.4. The molecule has 0 aliphatic heterocycles. The van der Waals surface area contributed by atoms with Gasteiger partial charge in [-0.05, 0) is 6.42 Å². The zero-order valence-corrected chi connectivity index (χ0v) is 10.6. The topological polar surface area (TPSA) is 107 Å². The standard InChI is InChI=1S/C9H16N4O3S/c1-16-7-8(10)12-6-13-9(7)11-4-3-5-17(2,14)15/h6H,3-5H2,1-2H3,(H3,10,11,12,13). The highest BCUT2D eigenvalue weighted by Crippen LogP contribution is 2.25. The number of methoxy groups -OCH3 is 1. The van der Waals surface area contributed by atoms with E-state index in [1.54, 1.807) is 0 Å². The number of nitrogen functional groups attached to an aromatic ring is 1. The Balaban J connectivity index is 2.55. The Hall–Kier alpha value is -1.57. The molecule has 0 aliphatic rings. The quantitative estimate of drug-likeness (QED) is 0.688. The minimum atomic E-state index is -2.93. The van der Waals surface area contributed by atoms with E-state index in [9.17, 15) is 8.42 Å². The van der Waals surface area contributed by atoms with Crippen LogP contribution >= 0.6 is 0 Å².